The number of rotatable bonds is 22. The monoisotopic (exact) mass is 2010 g/mol. The fourth-order valence-corrected chi connectivity index (χ4v) is 25.2. The van der Waals surface area contributed by atoms with Crippen LogP contribution in [0, 0.1) is 6.92 Å². The highest BCUT2D eigenvalue weighted by Gasteiger charge is 2.35. The number of sulfone groups is 1. The number of anilines is 5. The Labute approximate surface area is 852 Å². The normalized spacial score (nSPS) is 21.3. The Morgan fingerprint density at radius 1 is 0.342 bits per heavy atom. The zero-order valence-electron chi connectivity index (χ0n) is 84.7. The molecule has 32 nitrogen and oxygen atoms in total. The summed E-state index contributed by atoms with van der Waals surface area (Å²) in [6.07, 6.45) is 26.5. The number of aryl methyl sites for hydroxylation is 1. The van der Waals surface area contributed by atoms with Gasteiger partial charge in [-0.3, -0.25) is 19.6 Å². The van der Waals surface area contributed by atoms with Crippen molar-refractivity contribution in [3.63, 3.8) is 0 Å². The largest absolute Gasteiger partial charge is 0.493 e. The van der Waals surface area contributed by atoms with Crippen LogP contribution in [0.15, 0.2) is 193 Å². The number of hydrogen-bond donors (Lipinski definition) is 8. The third-order valence-electron chi connectivity index (χ3n) is 31.2. The van der Waals surface area contributed by atoms with Gasteiger partial charge in [0.1, 0.15) is 71.2 Å². The first-order valence-corrected chi connectivity index (χ1v) is 55.2. The van der Waals surface area contributed by atoms with E-state index in [9.17, 15) is 16.8 Å². The van der Waals surface area contributed by atoms with E-state index in [4.69, 9.17) is 33.4 Å². The molecule has 146 heavy (non-hydrogen) atoms. The average Bonchev–Trinajstić information content (AvgIpc) is 1.62. The molecule has 0 unspecified atom stereocenters. The third kappa shape index (κ3) is 21.8. The molecule has 8 aromatic heterocycles. The molecule has 0 bridgehead atoms. The number of methoxy groups -OCH3 is 2. The number of nitrogens with zero attached hydrogens (tertiary/aromatic N) is 14. The van der Waals surface area contributed by atoms with Crippen molar-refractivity contribution in [2.75, 3.05) is 180 Å². The lowest BCUT2D eigenvalue weighted by Crippen LogP contribution is -2.46. The molecule has 4 aliphatic heterocycles. The summed E-state index contributed by atoms with van der Waals surface area (Å²) in [5, 5.41) is 23.5. The van der Waals surface area contributed by atoms with Crippen LogP contribution in [0.25, 0.3) is 132 Å². The molecular formula is C112H134N22O10S2. The highest BCUT2D eigenvalue weighted by molar-refractivity contribution is 7.90. The van der Waals surface area contributed by atoms with Crippen molar-refractivity contribution in [3.05, 3.63) is 189 Å². The Balaban J connectivity index is 0.000000114. The number of aromatic amines is 4. The van der Waals surface area contributed by atoms with Crippen molar-refractivity contribution in [2.45, 2.75) is 168 Å². The van der Waals surface area contributed by atoms with E-state index in [-0.39, 0.29) is 4.90 Å². The maximum absolute atomic E-state index is 12.5. The van der Waals surface area contributed by atoms with Gasteiger partial charge in [0, 0.05) is 190 Å². The van der Waals surface area contributed by atoms with Crippen molar-refractivity contribution in [1.82, 2.24) is 83.7 Å². The van der Waals surface area contributed by atoms with Gasteiger partial charge in [0.2, 0.25) is 10.0 Å². The van der Waals surface area contributed by atoms with Gasteiger partial charge in [-0.2, -0.15) is 0 Å². The zero-order chi connectivity index (χ0) is 100. The number of para-hydroxylation sites is 1. The van der Waals surface area contributed by atoms with Gasteiger partial charge in [0.15, 0.2) is 21.3 Å². The Bertz CT molecular complexity index is 7530. The van der Waals surface area contributed by atoms with Gasteiger partial charge in [-0.05, 0) is 239 Å². The van der Waals surface area contributed by atoms with Crippen molar-refractivity contribution in [3.8, 4) is 56.0 Å². The Kier molecular flexibility index (Phi) is 30.1. The second-order valence-electron chi connectivity index (χ2n) is 40.6. The standard InChI is InChI=1S/C28H34N6O3S.C28H34N6O.C28H33N5O3S.C28H33N5O3/c1-33(2)38(35,36)23-10-3-19(4-11-23)20-5-12-25-24(17-20)26-27(29-18-30-28(26)32-25)31-21-6-8-22(9-7-21)34-13-15-37-16-14-34;1-33(2)25-6-4-3-5-22(25)19-7-12-24-23(17-19)26-27(29-18-30-28(26)32-24)31-20-8-10-21(11-9-20)34-13-15-35-16-14-34;1-18-15-19(4-10-25(18)37(2,34)35)20-3-9-24-23(16-20)26-27(29-17-30-28(26)32-24)31-21-5-7-22(8-6-21)33-11-13-36-14-12-33;1-34-24-10-4-19(16-25(24)35-2)18-3-9-23-22(15-18)26-27(29-17-30-28(26)32-23)31-20-5-7-21(8-6-20)33-11-13-36-14-12-33/h3-5,10-12,17-18,21-22H,6-9,13-16H2,1-2H3,(H2,29,30,31,32);3-7,12,17-18,20-21H,8-11,13-16H2,1-2H3,(H2,29,30,31,32);3-4,9-10,15-17,21-22H,5-8,11-14H2,1-2H3,(H2,29,30,31,32);3-4,9-10,15-17,20-21H,5-8,11-14H2,1-2H3,(H2,29,30,31,32). The molecule has 4 saturated carbocycles. The summed E-state index contributed by atoms with van der Waals surface area (Å²) in [6.45, 7) is 17.2. The average molecular weight is 2010 g/mol. The molecule has 0 radical (unpaired) electrons. The number of ether oxygens (including phenoxy) is 6. The third-order valence-corrected chi connectivity index (χ3v) is 34.3. The second-order valence-corrected chi connectivity index (χ2v) is 44.7. The Morgan fingerprint density at radius 2 is 0.644 bits per heavy atom. The van der Waals surface area contributed by atoms with Crippen LogP contribution in [0.5, 0.6) is 11.5 Å². The van der Waals surface area contributed by atoms with E-state index in [1.807, 2.05) is 55.5 Å². The number of benzene rings is 8. The number of H-pyrrole nitrogens is 4. The summed E-state index contributed by atoms with van der Waals surface area (Å²) in [6, 6.07) is 56.9. The quantitative estimate of drug-likeness (QED) is 0.0312. The van der Waals surface area contributed by atoms with Crippen LogP contribution in [0.2, 0.25) is 0 Å². The summed E-state index contributed by atoms with van der Waals surface area (Å²) >= 11 is 0. The highest BCUT2D eigenvalue weighted by Crippen LogP contribution is 2.44. The topological polar surface area (TPSA) is 357 Å². The van der Waals surface area contributed by atoms with E-state index in [0.29, 0.717) is 59.0 Å². The van der Waals surface area contributed by atoms with Crippen LogP contribution in [-0.4, -0.2) is 303 Å². The smallest absolute Gasteiger partial charge is 0.242 e. The predicted molar refractivity (Wildman–Crippen MR) is 582 cm³/mol. The van der Waals surface area contributed by atoms with Gasteiger partial charge >= 0.3 is 0 Å². The molecule has 8 aromatic carbocycles. The first-order chi connectivity index (χ1) is 71.2. The second kappa shape index (κ2) is 44.2. The molecule has 12 heterocycles. The molecule has 0 spiro atoms. The highest BCUT2D eigenvalue weighted by atomic mass is 32.2. The summed E-state index contributed by atoms with van der Waals surface area (Å²) in [4.78, 5) is 63.9. The fraction of sp³-hybridized carbons (Fsp3) is 0.429. The minimum atomic E-state index is -3.46. The molecule has 8 fully saturated rings. The molecule has 8 N–H and O–H groups in total. The number of hydrogen-bond acceptors (Lipinski definition) is 27. The molecule has 8 aliphatic rings. The van der Waals surface area contributed by atoms with Crippen LogP contribution in [0.1, 0.15) is 108 Å². The Hall–Kier alpha value is -12.6. The van der Waals surface area contributed by atoms with Gasteiger partial charge in [-0.1, -0.05) is 72.8 Å². The summed E-state index contributed by atoms with van der Waals surface area (Å²) in [5.41, 5.74) is 18.0. The molecule has 764 valence electrons. The number of morpholine rings is 4. The number of nitrogens with one attached hydrogen (secondary N) is 8. The van der Waals surface area contributed by atoms with Crippen molar-refractivity contribution < 1.29 is 45.3 Å². The van der Waals surface area contributed by atoms with Crippen LogP contribution in [-0.2, 0) is 38.8 Å². The molecular weight excluding hydrogens is 1880 g/mol. The molecule has 16 aromatic rings. The summed E-state index contributed by atoms with van der Waals surface area (Å²) < 4.78 is 83.3. The first kappa shape index (κ1) is 99.4. The first-order valence-electron chi connectivity index (χ1n) is 51.9. The molecule has 0 atom stereocenters. The van der Waals surface area contributed by atoms with Gasteiger partial charge in [0.05, 0.1) is 98.4 Å². The van der Waals surface area contributed by atoms with E-state index >= 15 is 0 Å². The predicted octanol–water partition coefficient (Wildman–Crippen LogP) is 18.4. The van der Waals surface area contributed by atoms with E-state index in [1.54, 1.807) is 57.7 Å². The van der Waals surface area contributed by atoms with Crippen molar-refractivity contribution in [2.24, 2.45) is 0 Å². The maximum atomic E-state index is 12.5. The van der Waals surface area contributed by atoms with Gasteiger partial charge < -0.3 is 74.5 Å². The van der Waals surface area contributed by atoms with E-state index in [1.165, 1.54) is 92.8 Å². The van der Waals surface area contributed by atoms with Gasteiger partial charge in [-0.25, -0.2) is 61.0 Å². The zero-order valence-corrected chi connectivity index (χ0v) is 86.4. The Morgan fingerprint density at radius 3 is 0.973 bits per heavy atom. The molecule has 4 aliphatic carbocycles. The van der Waals surface area contributed by atoms with E-state index < -0.39 is 19.9 Å². The lowest BCUT2D eigenvalue weighted by Gasteiger charge is -2.39. The van der Waals surface area contributed by atoms with Gasteiger partial charge in [0.25, 0.3) is 0 Å². The fourth-order valence-electron chi connectivity index (χ4n) is 23.3. The molecule has 4 saturated heterocycles. The maximum Gasteiger partial charge on any atom is 0.242 e. The lowest BCUT2D eigenvalue weighted by atomic mass is 9.90. The van der Waals surface area contributed by atoms with Crippen molar-refractivity contribution in [1.29, 1.82) is 0 Å². The van der Waals surface area contributed by atoms with Crippen LogP contribution >= 0.6 is 0 Å². The summed E-state index contributed by atoms with van der Waals surface area (Å²) in [7, 11) is 3.85. The van der Waals surface area contributed by atoms with E-state index in [2.05, 4.69) is 206 Å². The number of aromatic nitrogens is 12. The molecule has 24 rings (SSSR count). The SMILES string of the molecule is CN(C)S(=O)(=O)c1ccc(-c2ccc3[nH]c4ncnc(NC5CCC(N6CCOCC6)CC5)c4c3c2)cc1.CN(C)c1ccccc1-c1ccc2[nH]c3ncnc(NC4CCC(N5CCOCC5)CC4)c3c2c1.COc1ccc(-c2ccc3[nH]c4ncnc(NC5CCC(N6CCOCC6)CC5)c4c3c2)cc1OC.Cc1cc(-c2ccc3[nH]c4ncnc(NC5CCC(N6CCOCC6)CC5)c4c3c2)ccc1S(C)(=O)=O. The number of fused-ring (bicyclic) bond motifs is 12. The van der Waals surface area contributed by atoms with Crippen LogP contribution < -0.4 is 35.6 Å². The minimum Gasteiger partial charge on any atom is -0.493 e. The van der Waals surface area contributed by atoms with Crippen LogP contribution in [0.3, 0.4) is 0 Å². The lowest BCUT2D eigenvalue weighted by molar-refractivity contribution is 0.00788. The van der Waals surface area contributed by atoms with Crippen molar-refractivity contribution >= 4 is 137 Å². The van der Waals surface area contributed by atoms with Crippen LogP contribution in [0.4, 0.5) is 29.0 Å². The number of sulfonamides is 1. The summed E-state index contributed by atoms with van der Waals surface area (Å²) in [5.74, 6) is 5.01. The minimum absolute atomic E-state index is 0.280. The molecule has 34 heteroatoms. The van der Waals surface area contributed by atoms with Gasteiger partial charge in [-0.15, -0.1) is 0 Å². The van der Waals surface area contributed by atoms with E-state index in [0.717, 1.165) is 312 Å². The molecule has 0 amide bonds.